The van der Waals surface area contributed by atoms with Gasteiger partial charge in [0.1, 0.15) is 5.75 Å². The smallest absolute Gasteiger partial charge is 0.310 e. The lowest BCUT2D eigenvalue weighted by molar-refractivity contribution is -0.144. The Morgan fingerprint density at radius 3 is 2.85 bits per heavy atom. The third-order valence-corrected chi connectivity index (χ3v) is 4.18. The summed E-state index contributed by atoms with van der Waals surface area (Å²) in [5.74, 6) is 0.885. The van der Waals surface area contributed by atoms with E-state index < -0.39 is 0 Å². The van der Waals surface area contributed by atoms with Crippen molar-refractivity contribution >= 4 is 16.9 Å². The Balaban J connectivity index is 1.40. The van der Waals surface area contributed by atoms with Crippen molar-refractivity contribution in [3.8, 4) is 17.1 Å². The van der Waals surface area contributed by atoms with Crippen LogP contribution in [0.15, 0.2) is 59.3 Å². The first-order valence-electron chi connectivity index (χ1n) is 8.41. The topological polar surface area (TPSA) is 90.2 Å². The zero-order valence-electron chi connectivity index (χ0n) is 14.6. The minimum Gasteiger partial charge on any atom is -0.496 e. The summed E-state index contributed by atoms with van der Waals surface area (Å²) in [5.41, 5.74) is 2.58. The lowest BCUT2D eigenvalue weighted by Gasteiger charge is -2.03. The van der Waals surface area contributed by atoms with E-state index in [-0.39, 0.29) is 24.9 Å². The van der Waals surface area contributed by atoms with Crippen molar-refractivity contribution in [3.63, 3.8) is 0 Å². The molecule has 2 aromatic heterocycles. The number of rotatable bonds is 6. The Labute approximate surface area is 154 Å². The van der Waals surface area contributed by atoms with Gasteiger partial charge in [0.25, 0.3) is 5.89 Å². The van der Waals surface area contributed by atoms with E-state index in [1.165, 1.54) is 0 Å². The number of nitrogens with zero attached hydrogens (tertiary/aromatic N) is 2. The monoisotopic (exact) mass is 363 g/mol. The SMILES string of the molecule is COc1ccccc1-c1noc(COC(=O)Cc2c[nH]c3ccccc23)n1. The van der Waals surface area contributed by atoms with Crippen LogP contribution >= 0.6 is 0 Å². The van der Waals surface area contributed by atoms with E-state index in [2.05, 4.69) is 15.1 Å². The molecule has 0 radical (unpaired) electrons. The Morgan fingerprint density at radius 1 is 1.15 bits per heavy atom. The first-order valence-corrected chi connectivity index (χ1v) is 8.41. The Morgan fingerprint density at radius 2 is 1.96 bits per heavy atom. The number of carbonyl (C=O) groups excluding carboxylic acids is 1. The van der Waals surface area contributed by atoms with Gasteiger partial charge in [-0.15, -0.1) is 0 Å². The molecule has 7 heteroatoms. The second-order valence-corrected chi connectivity index (χ2v) is 5.91. The van der Waals surface area contributed by atoms with Gasteiger partial charge in [0.15, 0.2) is 6.61 Å². The first-order chi connectivity index (χ1) is 13.2. The predicted molar refractivity (Wildman–Crippen MR) is 98.1 cm³/mol. The zero-order chi connectivity index (χ0) is 18.6. The van der Waals surface area contributed by atoms with Crippen molar-refractivity contribution in [2.45, 2.75) is 13.0 Å². The summed E-state index contributed by atoms with van der Waals surface area (Å²) in [6.45, 7) is -0.0800. The molecule has 0 spiro atoms. The maximum Gasteiger partial charge on any atom is 0.310 e. The molecular formula is C20H17N3O4. The summed E-state index contributed by atoms with van der Waals surface area (Å²) < 4.78 is 15.7. The van der Waals surface area contributed by atoms with Crippen LogP contribution in [0.25, 0.3) is 22.3 Å². The van der Waals surface area contributed by atoms with Crippen molar-refractivity contribution in [2.24, 2.45) is 0 Å². The molecule has 0 saturated heterocycles. The Bertz CT molecular complexity index is 1080. The number of methoxy groups -OCH3 is 1. The Kier molecular flexibility index (Phi) is 4.57. The molecule has 2 heterocycles. The number of ether oxygens (including phenoxy) is 2. The number of carbonyl (C=O) groups is 1. The van der Waals surface area contributed by atoms with E-state index in [1.54, 1.807) is 7.11 Å². The summed E-state index contributed by atoms with van der Waals surface area (Å²) >= 11 is 0. The van der Waals surface area contributed by atoms with Crippen molar-refractivity contribution in [3.05, 3.63) is 66.2 Å². The molecule has 0 bridgehead atoms. The summed E-state index contributed by atoms with van der Waals surface area (Å²) in [6.07, 6.45) is 1.98. The molecule has 0 fully saturated rings. The summed E-state index contributed by atoms with van der Waals surface area (Å²) in [7, 11) is 1.58. The number of para-hydroxylation sites is 2. The molecule has 136 valence electrons. The molecule has 4 aromatic rings. The lowest BCUT2D eigenvalue weighted by atomic mass is 10.1. The highest BCUT2D eigenvalue weighted by atomic mass is 16.6. The number of nitrogens with one attached hydrogen (secondary N) is 1. The number of benzene rings is 2. The van der Waals surface area contributed by atoms with Crippen LogP contribution in [-0.2, 0) is 22.6 Å². The van der Waals surface area contributed by atoms with Gasteiger partial charge in [-0.05, 0) is 23.8 Å². The highest BCUT2D eigenvalue weighted by molar-refractivity contribution is 5.87. The minimum absolute atomic E-state index is 0.0800. The molecule has 0 aliphatic carbocycles. The molecule has 0 saturated carbocycles. The van der Waals surface area contributed by atoms with Crippen LogP contribution in [0, 0.1) is 0 Å². The average molecular weight is 363 g/mol. The van der Waals surface area contributed by atoms with Gasteiger partial charge in [0.2, 0.25) is 5.82 Å². The molecule has 0 amide bonds. The van der Waals surface area contributed by atoms with Crippen molar-refractivity contribution in [1.29, 1.82) is 0 Å². The van der Waals surface area contributed by atoms with E-state index in [0.717, 1.165) is 16.5 Å². The van der Waals surface area contributed by atoms with Crippen LogP contribution < -0.4 is 4.74 Å². The number of fused-ring (bicyclic) bond motifs is 1. The number of hydrogen-bond acceptors (Lipinski definition) is 6. The van der Waals surface area contributed by atoms with Crippen LogP contribution in [-0.4, -0.2) is 28.2 Å². The maximum absolute atomic E-state index is 12.2. The zero-order valence-corrected chi connectivity index (χ0v) is 14.6. The predicted octanol–water partition coefficient (Wildman–Crippen LogP) is 3.51. The molecule has 4 rings (SSSR count). The molecule has 7 nitrogen and oxygen atoms in total. The summed E-state index contributed by atoms with van der Waals surface area (Å²) in [6, 6.07) is 15.2. The third-order valence-electron chi connectivity index (χ3n) is 4.18. The molecule has 0 atom stereocenters. The minimum atomic E-state index is -0.364. The maximum atomic E-state index is 12.2. The van der Waals surface area contributed by atoms with Crippen LogP contribution in [0.4, 0.5) is 0 Å². The third kappa shape index (κ3) is 3.52. The number of esters is 1. The van der Waals surface area contributed by atoms with E-state index >= 15 is 0 Å². The quantitative estimate of drug-likeness (QED) is 0.527. The van der Waals surface area contributed by atoms with Gasteiger partial charge >= 0.3 is 5.97 Å². The van der Waals surface area contributed by atoms with E-state index in [0.29, 0.717) is 17.1 Å². The van der Waals surface area contributed by atoms with Crippen molar-refractivity contribution in [2.75, 3.05) is 7.11 Å². The molecule has 1 N–H and O–H groups in total. The van der Waals surface area contributed by atoms with Gasteiger partial charge in [-0.2, -0.15) is 4.98 Å². The largest absolute Gasteiger partial charge is 0.496 e. The molecule has 27 heavy (non-hydrogen) atoms. The highest BCUT2D eigenvalue weighted by Crippen LogP contribution is 2.27. The van der Waals surface area contributed by atoms with Crippen molar-refractivity contribution < 1.29 is 18.8 Å². The van der Waals surface area contributed by atoms with E-state index in [4.69, 9.17) is 14.0 Å². The number of H-pyrrole nitrogens is 1. The molecule has 2 aromatic carbocycles. The molecule has 0 aliphatic rings. The second kappa shape index (κ2) is 7.33. The van der Waals surface area contributed by atoms with Crippen LogP contribution in [0.2, 0.25) is 0 Å². The van der Waals surface area contributed by atoms with E-state index in [1.807, 2.05) is 54.7 Å². The fourth-order valence-electron chi connectivity index (χ4n) is 2.88. The lowest BCUT2D eigenvalue weighted by Crippen LogP contribution is -2.07. The van der Waals surface area contributed by atoms with Crippen LogP contribution in [0.3, 0.4) is 0 Å². The Hall–Kier alpha value is -3.61. The number of aromatic nitrogens is 3. The normalized spacial score (nSPS) is 10.9. The van der Waals surface area contributed by atoms with Crippen LogP contribution in [0.1, 0.15) is 11.5 Å². The number of aromatic amines is 1. The second-order valence-electron chi connectivity index (χ2n) is 5.91. The fraction of sp³-hybridized carbons (Fsp3) is 0.150. The molecular weight excluding hydrogens is 346 g/mol. The van der Waals surface area contributed by atoms with Gasteiger partial charge in [0.05, 0.1) is 19.1 Å². The standard InChI is InChI=1S/C20H17N3O4/c1-25-17-9-5-3-7-15(17)20-22-18(27-23-20)12-26-19(24)10-13-11-21-16-8-4-2-6-14(13)16/h2-9,11,21H,10,12H2,1H3. The van der Waals surface area contributed by atoms with Gasteiger partial charge < -0.3 is 19.0 Å². The van der Waals surface area contributed by atoms with Gasteiger partial charge in [-0.1, -0.05) is 35.5 Å². The van der Waals surface area contributed by atoms with Gasteiger partial charge in [-0.3, -0.25) is 4.79 Å². The average Bonchev–Trinajstić information content (AvgIpc) is 3.34. The van der Waals surface area contributed by atoms with E-state index in [9.17, 15) is 4.79 Å². The molecule has 0 aliphatic heterocycles. The fourth-order valence-corrected chi connectivity index (χ4v) is 2.88. The van der Waals surface area contributed by atoms with Gasteiger partial charge in [0, 0.05) is 17.1 Å². The first kappa shape index (κ1) is 16.8. The van der Waals surface area contributed by atoms with Crippen molar-refractivity contribution in [1.82, 2.24) is 15.1 Å². The highest BCUT2D eigenvalue weighted by Gasteiger charge is 2.15. The summed E-state index contributed by atoms with van der Waals surface area (Å²) in [5, 5.41) is 4.93. The van der Waals surface area contributed by atoms with Gasteiger partial charge in [-0.25, -0.2) is 0 Å². The van der Waals surface area contributed by atoms with Crippen LogP contribution in [0.5, 0.6) is 5.75 Å². The summed E-state index contributed by atoms with van der Waals surface area (Å²) in [4.78, 5) is 19.6. The molecule has 0 unspecified atom stereocenters. The number of hydrogen-bond donors (Lipinski definition) is 1.